The molecule has 1 saturated heterocycles. The van der Waals surface area contributed by atoms with Gasteiger partial charge in [0.05, 0.1) is 34.2 Å². The van der Waals surface area contributed by atoms with E-state index in [0.717, 1.165) is 36.3 Å². The van der Waals surface area contributed by atoms with Crippen LogP contribution in [0.4, 0.5) is 10.3 Å². The van der Waals surface area contributed by atoms with E-state index in [4.69, 9.17) is 10.5 Å². The highest BCUT2D eigenvalue weighted by atomic mass is 19.1. The number of nitrogen functional groups attached to an aromatic ring is 1. The molecule has 148 valence electrons. The van der Waals surface area contributed by atoms with Gasteiger partial charge in [-0.2, -0.15) is 4.39 Å². The molecule has 0 amide bonds. The van der Waals surface area contributed by atoms with Crippen LogP contribution in [0.2, 0.25) is 0 Å². The number of hydrogen-bond acceptors (Lipinski definition) is 5. The molecule has 2 N–H and O–H groups in total. The third-order valence-corrected chi connectivity index (χ3v) is 5.27. The molecule has 7 nitrogen and oxygen atoms in total. The first-order chi connectivity index (χ1) is 14.1. The second kappa shape index (κ2) is 6.97. The lowest BCUT2D eigenvalue weighted by atomic mass is 10.1. The van der Waals surface area contributed by atoms with Gasteiger partial charge in [0.15, 0.2) is 6.23 Å². The molecule has 4 heterocycles. The Hall–Kier alpha value is -3.26. The normalized spacial score (nSPS) is 17.1. The zero-order valence-corrected chi connectivity index (χ0v) is 16.0. The minimum absolute atomic E-state index is 0.230. The molecule has 0 spiro atoms. The predicted octanol–water partition coefficient (Wildman–Crippen LogP) is 4.01. The zero-order chi connectivity index (χ0) is 20.0. The van der Waals surface area contributed by atoms with Gasteiger partial charge in [-0.05, 0) is 56.5 Å². The van der Waals surface area contributed by atoms with Crippen LogP contribution in [0, 0.1) is 12.9 Å². The van der Waals surface area contributed by atoms with Gasteiger partial charge in [-0.3, -0.25) is 9.55 Å². The molecule has 1 aliphatic rings. The van der Waals surface area contributed by atoms with Crippen LogP contribution in [-0.2, 0) is 4.74 Å². The highest BCUT2D eigenvalue weighted by Crippen LogP contribution is 2.31. The van der Waals surface area contributed by atoms with Crippen molar-refractivity contribution >= 4 is 16.9 Å². The van der Waals surface area contributed by atoms with Crippen molar-refractivity contribution in [1.29, 1.82) is 0 Å². The van der Waals surface area contributed by atoms with Gasteiger partial charge >= 0.3 is 0 Å². The first-order valence-corrected chi connectivity index (χ1v) is 9.69. The molecule has 0 radical (unpaired) electrons. The van der Waals surface area contributed by atoms with Gasteiger partial charge in [-0.15, -0.1) is 5.10 Å². The monoisotopic (exact) mass is 392 g/mol. The first-order valence-electron chi connectivity index (χ1n) is 9.69. The number of ether oxygens (including phenoxy) is 1. The summed E-state index contributed by atoms with van der Waals surface area (Å²) in [6.45, 7) is 2.60. The summed E-state index contributed by atoms with van der Waals surface area (Å²) in [5.74, 6) is -0.212. The summed E-state index contributed by atoms with van der Waals surface area (Å²) in [4.78, 5) is 8.81. The second-order valence-corrected chi connectivity index (χ2v) is 7.26. The summed E-state index contributed by atoms with van der Waals surface area (Å²) < 4.78 is 23.9. The summed E-state index contributed by atoms with van der Waals surface area (Å²) in [7, 11) is 0. The average molecular weight is 392 g/mol. The van der Waals surface area contributed by atoms with E-state index in [2.05, 4.69) is 15.1 Å². The van der Waals surface area contributed by atoms with E-state index >= 15 is 0 Å². The lowest BCUT2D eigenvalue weighted by Gasteiger charge is -2.23. The number of nitrogens with two attached hydrogens (primary N) is 1. The van der Waals surface area contributed by atoms with E-state index in [1.54, 1.807) is 21.5 Å². The van der Waals surface area contributed by atoms with Crippen molar-refractivity contribution in [2.24, 2.45) is 0 Å². The molecule has 8 heteroatoms. The topological polar surface area (TPSA) is 83.8 Å². The predicted molar refractivity (Wildman–Crippen MR) is 108 cm³/mol. The molecule has 1 atom stereocenters. The van der Waals surface area contributed by atoms with E-state index in [0.29, 0.717) is 29.1 Å². The number of pyridine rings is 1. The van der Waals surface area contributed by atoms with Crippen LogP contribution >= 0.6 is 0 Å². The van der Waals surface area contributed by atoms with Gasteiger partial charge in [-0.25, -0.2) is 9.67 Å². The van der Waals surface area contributed by atoms with Crippen LogP contribution in [0.25, 0.3) is 28.0 Å². The molecule has 29 heavy (non-hydrogen) atoms. The van der Waals surface area contributed by atoms with Crippen molar-refractivity contribution in [1.82, 2.24) is 24.3 Å². The van der Waals surface area contributed by atoms with Crippen molar-refractivity contribution in [3.8, 4) is 17.1 Å². The van der Waals surface area contributed by atoms with Crippen LogP contribution in [0.1, 0.15) is 31.2 Å². The van der Waals surface area contributed by atoms with Crippen molar-refractivity contribution in [3.05, 3.63) is 54.2 Å². The van der Waals surface area contributed by atoms with E-state index in [1.165, 1.54) is 0 Å². The number of halogens is 1. The Morgan fingerprint density at radius 3 is 2.90 bits per heavy atom. The molecular formula is C21H21FN6O. The Morgan fingerprint density at radius 2 is 2.10 bits per heavy atom. The molecule has 1 aromatic carbocycles. The minimum Gasteiger partial charge on any atom is -0.369 e. The van der Waals surface area contributed by atoms with E-state index < -0.39 is 5.95 Å². The van der Waals surface area contributed by atoms with Crippen LogP contribution in [-0.4, -0.2) is 30.9 Å². The minimum atomic E-state index is -0.523. The fourth-order valence-electron chi connectivity index (χ4n) is 3.87. The number of imidazole rings is 1. The highest BCUT2D eigenvalue weighted by Gasteiger charge is 2.22. The van der Waals surface area contributed by atoms with Crippen molar-refractivity contribution < 1.29 is 9.13 Å². The lowest BCUT2D eigenvalue weighted by Crippen LogP contribution is -2.19. The average Bonchev–Trinajstić information content (AvgIpc) is 3.28. The number of fused-ring (bicyclic) bond motifs is 1. The standard InChI is InChI=1S/C21H21FN6O/c1-13-5-4-6-16(25-13)18-12-24-21(23)27(18)14-8-9-17-15(11-14)20(22)26-28(17)19-7-2-3-10-29-19/h4-6,8-9,11-12,19H,2-3,7,10H2,1H3,(H2,23,24). The number of aromatic nitrogens is 5. The van der Waals surface area contributed by atoms with Gasteiger partial charge in [0.2, 0.25) is 11.9 Å². The molecule has 1 aliphatic heterocycles. The van der Waals surface area contributed by atoms with Gasteiger partial charge in [0.25, 0.3) is 0 Å². The molecule has 0 aliphatic carbocycles. The molecule has 0 bridgehead atoms. The third kappa shape index (κ3) is 3.05. The SMILES string of the molecule is Cc1cccc(-c2cnc(N)n2-c2ccc3c(c2)c(F)nn3C2CCCCO2)n1. The van der Waals surface area contributed by atoms with Gasteiger partial charge in [0.1, 0.15) is 0 Å². The fraction of sp³-hybridized carbons (Fsp3) is 0.286. The summed E-state index contributed by atoms with van der Waals surface area (Å²) in [6, 6.07) is 11.2. The largest absolute Gasteiger partial charge is 0.369 e. The Labute approximate surface area is 166 Å². The fourth-order valence-corrected chi connectivity index (χ4v) is 3.87. The van der Waals surface area contributed by atoms with Crippen LogP contribution in [0.15, 0.2) is 42.6 Å². The van der Waals surface area contributed by atoms with Crippen LogP contribution in [0.5, 0.6) is 0 Å². The Kier molecular flexibility index (Phi) is 4.28. The number of benzene rings is 1. The smallest absolute Gasteiger partial charge is 0.240 e. The van der Waals surface area contributed by atoms with Crippen LogP contribution < -0.4 is 5.73 Å². The maximum Gasteiger partial charge on any atom is 0.240 e. The zero-order valence-electron chi connectivity index (χ0n) is 16.0. The van der Waals surface area contributed by atoms with Gasteiger partial charge in [-0.1, -0.05) is 6.07 Å². The number of hydrogen-bond donors (Lipinski definition) is 1. The number of rotatable bonds is 3. The molecule has 1 fully saturated rings. The highest BCUT2D eigenvalue weighted by molar-refractivity contribution is 5.82. The Morgan fingerprint density at radius 1 is 1.21 bits per heavy atom. The molecule has 1 unspecified atom stereocenters. The molecule has 4 aromatic rings. The summed E-state index contributed by atoms with van der Waals surface area (Å²) >= 11 is 0. The Balaban J connectivity index is 1.62. The second-order valence-electron chi connectivity index (χ2n) is 7.26. The van der Waals surface area contributed by atoms with Crippen LogP contribution in [0.3, 0.4) is 0 Å². The number of nitrogens with zero attached hydrogens (tertiary/aromatic N) is 5. The number of anilines is 1. The first kappa shape index (κ1) is 17.8. The van der Waals surface area contributed by atoms with Crippen molar-refractivity contribution in [3.63, 3.8) is 0 Å². The Bertz CT molecular complexity index is 1190. The third-order valence-electron chi connectivity index (χ3n) is 5.27. The quantitative estimate of drug-likeness (QED) is 0.569. The maximum absolute atomic E-state index is 14.7. The molecule has 3 aromatic heterocycles. The summed E-state index contributed by atoms with van der Waals surface area (Å²) in [5, 5.41) is 4.53. The van der Waals surface area contributed by atoms with E-state index in [9.17, 15) is 4.39 Å². The van der Waals surface area contributed by atoms with Gasteiger partial charge in [0, 0.05) is 12.3 Å². The van der Waals surface area contributed by atoms with E-state index in [1.807, 2.05) is 37.3 Å². The lowest BCUT2D eigenvalue weighted by molar-refractivity contribution is -0.0375. The van der Waals surface area contributed by atoms with Crippen molar-refractivity contribution in [2.75, 3.05) is 12.3 Å². The number of aryl methyl sites for hydroxylation is 1. The van der Waals surface area contributed by atoms with Gasteiger partial charge < -0.3 is 10.5 Å². The molecular weight excluding hydrogens is 371 g/mol. The van der Waals surface area contributed by atoms with Crippen molar-refractivity contribution in [2.45, 2.75) is 32.4 Å². The molecule has 5 rings (SSSR count). The summed E-state index contributed by atoms with van der Waals surface area (Å²) in [5.41, 5.74) is 9.93. The van der Waals surface area contributed by atoms with E-state index in [-0.39, 0.29) is 6.23 Å². The molecule has 0 saturated carbocycles. The maximum atomic E-state index is 14.7. The summed E-state index contributed by atoms with van der Waals surface area (Å²) in [6.07, 6.45) is 4.35.